The van der Waals surface area contributed by atoms with Crippen LogP contribution in [0.4, 0.5) is 18.9 Å². The Morgan fingerprint density at radius 1 is 1.10 bits per heavy atom. The van der Waals surface area contributed by atoms with Gasteiger partial charge in [0, 0.05) is 37.8 Å². The Labute approximate surface area is 186 Å². The topological polar surface area (TPSA) is 24.5 Å². The summed E-state index contributed by atoms with van der Waals surface area (Å²) in [5.41, 5.74) is 3.95. The number of benzene rings is 2. The zero-order valence-electron chi connectivity index (χ0n) is 16.6. The van der Waals surface area contributed by atoms with Gasteiger partial charge < -0.3 is 15.0 Å². The summed E-state index contributed by atoms with van der Waals surface area (Å²) in [7, 11) is 1.39. The fourth-order valence-electron chi connectivity index (χ4n) is 5.20. The Kier molecular flexibility index (Phi) is 6.51. The molecule has 3 aliphatic rings. The molecule has 2 atom stereocenters. The zero-order chi connectivity index (χ0) is 19.5. The van der Waals surface area contributed by atoms with Crippen molar-refractivity contribution in [3.63, 3.8) is 0 Å². The second-order valence-corrected chi connectivity index (χ2v) is 8.06. The quantitative estimate of drug-likeness (QED) is 0.658. The number of nitrogens with zero attached hydrogens (tertiary/aromatic N) is 1. The van der Waals surface area contributed by atoms with Gasteiger partial charge in [0.2, 0.25) is 0 Å². The summed E-state index contributed by atoms with van der Waals surface area (Å²) in [6.07, 6.45) is -2.45. The highest BCUT2D eigenvalue weighted by Crippen LogP contribution is 2.48. The van der Waals surface area contributed by atoms with Gasteiger partial charge in [0.05, 0.1) is 12.7 Å². The summed E-state index contributed by atoms with van der Waals surface area (Å²) in [4.78, 5) is 2.45. The van der Waals surface area contributed by atoms with Crippen LogP contribution in [0.3, 0.4) is 0 Å². The maximum Gasteiger partial charge on any atom is 0.417 e. The standard InChI is InChI=1S/C22H23F3N2O.2ClH/c1-28-16-4-5-17(20(9-16)22(23,24)25)14-7-13-3-2-6-27-12-15-10-26-11-19(15)18(8-14)21(13)27;;/h4-5,7-9,15,19,26H,2-3,6,10-12H2,1H3;2*1H/t15-,19+;;/m0../s1. The molecular weight excluding hydrogens is 436 g/mol. The number of nitrogens with one attached hydrogen (secondary N) is 1. The van der Waals surface area contributed by atoms with E-state index in [1.807, 2.05) is 12.1 Å². The molecule has 1 N–H and O–H groups in total. The van der Waals surface area contributed by atoms with Crippen molar-refractivity contribution in [3.05, 3.63) is 47.0 Å². The first kappa shape index (κ1) is 23.0. The lowest BCUT2D eigenvalue weighted by Crippen LogP contribution is -2.41. The van der Waals surface area contributed by atoms with E-state index in [1.54, 1.807) is 12.1 Å². The first-order valence-electron chi connectivity index (χ1n) is 9.84. The van der Waals surface area contributed by atoms with Gasteiger partial charge in [-0.1, -0.05) is 6.07 Å². The number of hydrogen-bond acceptors (Lipinski definition) is 3. The molecule has 5 rings (SSSR count). The summed E-state index contributed by atoms with van der Waals surface area (Å²) in [6, 6.07) is 8.25. The van der Waals surface area contributed by atoms with E-state index in [2.05, 4.69) is 10.2 Å². The van der Waals surface area contributed by atoms with Crippen molar-refractivity contribution in [2.24, 2.45) is 5.92 Å². The molecule has 3 heterocycles. The van der Waals surface area contributed by atoms with E-state index in [4.69, 9.17) is 4.74 Å². The van der Waals surface area contributed by atoms with Gasteiger partial charge in [-0.2, -0.15) is 13.2 Å². The van der Waals surface area contributed by atoms with E-state index in [0.717, 1.165) is 45.1 Å². The number of hydrogen-bond donors (Lipinski definition) is 1. The zero-order valence-corrected chi connectivity index (χ0v) is 18.2. The van der Waals surface area contributed by atoms with Gasteiger partial charge in [0.25, 0.3) is 0 Å². The highest BCUT2D eigenvalue weighted by atomic mass is 35.5. The van der Waals surface area contributed by atoms with Crippen LogP contribution in [0, 0.1) is 5.92 Å². The number of ether oxygens (including phenoxy) is 1. The molecule has 2 aromatic carbocycles. The third-order valence-electron chi connectivity index (χ3n) is 6.45. The number of methoxy groups -OCH3 is 1. The molecule has 1 fully saturated rings. The normalized spacial score (nSPS) is 21.8. The molecule has 3 nitrogen and oxygen atoms in total. The first-order valence-corrected chi connectivity index (χ1v) is 9.84. The lowest BCUT2D eigenvalue weighted by Gasteiger charge is -2.42. The third kappa shape index (κ3) is 3.74. The molecule has 0 radical (unpaired) electrons. The molecule has 0 amide bonds. The fraction of sp³-hybridized carbons (Fsp3) is 0.455. The Bertz CT molecular complexity index is 935. The number of halogens is 5. The van der Waals surface area contributed by atoms with Crippen LogP contribution in [-0.2, 0) is 12.6 Å². The number of alkyl halides is 3. The Morgan fingerprint density at radius 3 is 2.63 bits per heavy atom. The van der Waals surface area contributed by atoms with Crippen LogP contribution in [0.2, 0.25) is 0 Å². The average molecular weight is 461 g/mol. The van der Waals surface area contributed by atoms with Gasteiger partial charge in [0.15, 0.2) is 0 Å². The average Bonchev–Trinajstić information content (AvgIpc) is 3.15. The van der Waals surface area contributed by atoms with Crippen LogP contribution in [0.1, 0.15) is 29.0 Å². The molecule has 3 aliphatic heterocycles. The number of aryl methyl sites for hydroxylation is 1. The van der Waals surface area contributed by atoms with Crippen LogP contribution < -0.4 is 15.0 Å². The number of anilines is 1. The van der Waals surface area contributed by atoms with Crippen molar-refractivity contribution in [2.45, 2.75) is 24.9 Å². The maximum atomic E-state index is 13.8. The summed E-state index contributed by atoms with van der Waals surface area (Å²) < 4.78 is 46.4. The van der Waals surface area contributed by atoms with E-state index in [0.29, 0.717) is 17.4 Å². The highest BCUT2D eigenvalue weighted by molar-refractivity contribution is 5.85. The van der Waals surface area contributed by atoms with Gasteiger partial charge in [-0.3, -0.25) is 0 Å². The van der Waals surface area contributed by atoms with E-state index >= 15 is 0 Å². The highest BCUT2D eigenvalue weighted by Gasteiger charge is 2.40. The minimum Gasteiger partial charge on any atom is -0.497 e. The molecular formula is C22H25Cl2F3N2O. The van der Waals surface area contributed by atoms with Crippen LogP contribution in [-0.4, -0.2) is 33.3 Å². The monoisotopic (exact) mass is 460 g/mol. The van der Waals surface area contributed by atoms with Crippen molar-refractivity contribution in [1.82, 2.24) is 5.32 Å². The molecule has 164 valence electrons. The van der Waals surface area contributed by atoms with Crippen LogP contribution >= 0.6 is 24.8 Å². The van der Waals surface area contributed by atoms with E-state index in [9.17, 15) is 13.2 Å². The smallest absolute Gasteiger partial charge is 0.417 e. The molecule has 0 unspecified atom stereocenters. The minimum atomic E-state index is -4.43. The van der Waals surface area contributed by atoms with Gasteiger partial charge >= 0.3 is 6.18 Å². The van der Waals surface area contributed by atoms with Crippen LogP contribution in [0.25, 0.3) is 11.1 Å². The summed E-state index contributed by atoms with van der Waals surface area (Å²) in [5, 5.41) is 3.48. The van der Waals surface area contributed by atoms with Crippen molar-refractivity contribution in [1.29, 1.82) is 0 Å². The number of fused-ring (bicyclic) bond motifs is 2. The first-order chi connectivity index (χ1) is 13.5. The lowest BCUT2D eigenvalue weighted by molar-refractivity contribution is -0.137. The van der Waals surface area contributed by atoms with E-state index in [-0.39, 0.29) is 36.1 Å². The molecule has 1 saturated heterocycles. The maximum absolute atomic E-state index is 13.8. The van der Waals surface area contributed by atoms with Gasteiger partial charge in [-0.15, -0.1) is 24.8 Å². The summed E-state index contributed by atoms with van der Waals surface area (Å²) in [5.74, 6) is 1.14. The number of rotatable bonds is 2. The van der Waals surface area contributed by atoms with Crippen molar-refractivity contribution >= 4 is 30.5 Å². The third-order valence-corrected chi connectivity index (χ3v) is 6.45. The molecule has 0 spiro atoms. The second kappa shape index (κ2) is 8.48. The molecule has 0 saturated carbocycles. The molecule has 0 aliphatic carbocycles. The summed E-state index contributed by atoms with van der Waals surface area (Å²) in [6.45, 7) is 3.98. The van der Waals surface area contributed by atoms with E-state index in [1.165, 1.54) is 23.9 Å². The van der Waals surface area contributed by atoms with Crippen molar-refractivity contribution in [3.8, 4) is 16.9 Å². The Hall–Kier alpha value is -1.63. The predicted molar refractivity (Wildman–Crippen MR) is 118 cm³/mol. The molecule has 0 bridgehead atoms. The fourth-order valence-corrected chi connectivity index (χ4v) is 5.20. The lowest BCUT2D eigenvalue weighted by atomic mass is 9.78. The molecule has 0 aromatic heterocycles. The Morgan fingerprint density at radius 2 is 1.90 bits per heavy atom. The molecule has 8 heteroatoms. The van der Waals surface area contributed by atoms with Crippen molar-refractivity contribution in [2.75, 3.05) is 38.2 Å². The van der Waals surface area contributed by atoms with Gasteiger partial charge in [-0.25, -0.2) is 0 Å². The van der Waals surface area contributed by atoms with E-state index < -0.39 is 11.7 Å². The largest absolute Gasteiger partial charge is 0.497 e. The molecule has 2 aromatic rings. The molecule has 30 heavy (non-hydrogen) atoms. The van der Waals surface area contributed by atoms with Crippen molar-refractivity contribution < 1.29 is 17.9 Å². The predicted octanol–water partition coefficient (Wildman–Crippen LogP) is 5.29. The van der Waals surface area contributed by atoms with Gasteiger partial charge in [-0.05, 0) is 65.3 Å². The van der Waals surface area contributed by atoms with Crippen LogP contribution in [0.5, 0.6) is 5.75 Å². The van der Waals surface area contributed by atoms with Gasteiger partial charge in [0.1, 0.15) is 5.75 Å². The minimum absolute atomic E-state index is 0. The second-order valence-electron chi connectivity index (χ2n) is 8.06. The summed E-state index contributed by atoms with van der Waals surface area (Å²) >= 11 is 0. The SMILES string of the molecule is COc1ccc(-c2cc3c4c(c2)[C@@H]2CNC[C@H]2CN4CCC3)c(C(F)(F)F)c1.Cl.Cl. The Balaban J connectivity index is 0.00000128. The van der Waals surface area contributed by atoms with Crippen LogP contribution in [0.15, 0.2) is 30.3 Å².